The van der Waals surface area contributed by atoms with Crippen molar-refractivity contribution in [2.75, 3.05) is 6.54 Å². The fourth-order valence-corrected chi connectivity index (χ4v) is 2.80. The van der Waals surface area contributed by atoms with Crippen LogP contribution in [0.15, 0.2) is 10.9 Å². The van der Waals surface area contributed by atoms with Gasteiger partial charge in [0, 0.05) is 4.88 Å². The molecule has 0 aliphatic rings. The molecule has 0 aromatic carbocycles. The van der Waals surface area contributed by atoms with Gasteiger partial charge in [-0.05, 0) is 24.9 Å². The van der Waals surface area contributed by atoms with Gasteiger partial charge in [0.25, 0.3) is 5.56 Å². The summed E-state index contributed by atoms with van der Waals surface area (Å²) in [6.45, 7) is 7.92. The third kappa shape index (κ3) is 2.79. The van der Waals surface area contributed by atoms with Crippen molar-refractivity contribution in [2.45, 2.75) is 39.7 Å². The molecule has 4 nitrogen and oxygen atoms in total. The molecule has 2 heterocycles. The maximum absolute atomic E-state index is 12.0. The van der Waals surface area contributed by atoms with Gasteiger partial charge in [-0.3, -0.25) is 4.79 Å². The van der Waals surface area contributed by atoms with E-state index in [1.165, 1.54) is 4.88 Å². The van der Waals surface area contributed by atoms with Crippen LogP contribution in [0, 0.1) is 0 Å². The molecule has 0 saturated carbocycles. The molecule has 5 heteroatoms. The molecule has 0 amide bonds. The van der Waals surface area contributed by atoms with Crippen LogP contribution in [0.3, 0.4) is 0 Å². The fourth-order valence-electron chi connectivity index (χ4n) is 1.75. The van der Waals surface area contributed by atoms with Gasteiger partial charge in [-0.2, -0.15) is 0 Å². The number of nitrogens with one attached hydrogen (secondary N) is 2. The topological polar surface area (TPSA) is 57.8 Å². The van der Waals surface area contributed by atoms with Gasteiger partial charge in [-0.15, -0.1) is 11.3 Å². The molecule has 0 atom stereocenters. The van der Waals surface area contributed by atoms with E-state index in [1.807, 2.05) is 6.07 Å². The Morgan fingerprint density at radius 2 is 2.28 bits per heavy atom. The third-order valence-corrected chi connectivity index (χ3v) is 4.09. The van der Waals surface area contributed by atoms with Crippen molar-refractivity contribution in [3.05, 3.63) is 27.1 Å². The minimum absolute atomic E-state index is 0.0311. The number of aromatic nitrogens is 2. The lowest BCUT2D eigenvalue weighted by Crippen LogP contribution is -2.19. The van der Waals surface area contributed by atoms with Crippen molar-refractivity contribution in [1.82, 2.24) is 15.3 Å². The normalized spacial score (nSPS) is 11.6. The summed E-state index contributed by atoms with van der Waals surface area (Å²) in [5, 5.41) is 3.96. The molecular weight excluding hydrogens is 246 g/mol. The molecule has 0 saturated heterocycles. The van der Waals surface area contributed by atoms with Crippen molar-refractivity contribution in [3.63, 3.8) is 0 Å². The van der Waals surface area contributed by atoms with Crippen LogP contribution in [0.2, 0.25) is 0 Å². The smallest absolute Gasteiger partial charge is 0.259 e. The van der Waals surface area contributed by atoms with E-state index in [4.69, 9.17) is 0 Å². The highest BCUT2D eigenvalue weighted by atomic mass is 32.1. The highest BCUT2D eigenvalue weighted by Crippen LogP contribution is 2.27. The van der Waals surface area contributed by atoms with Crippen molar-refractivity contribution in [1.29, 1.82) is 0 Å². The Morgan fingerprint density at radius 1 is 1.50 bits per heavy atom. The second-order valence-corrected chi connectivity index (χ2v) is 5.77. The van der Waals surface area contributed by atoms with Gasteiger partial charge in [-0.1, -0.05) is 20.8 Å². The van der Waals surface area contributed by atoms with E-state index in [1.54, 1.807) is 11.3 Å². The van der Waals surface area contributed by atoms with Gasteiger partial charge >= 0.3 is 0 Å². The van der Waals surface area contributed by atoms with Gasteiger partial charge in [0.05, 0.1) is 11.9 Å². The third-order valence-electron chi connectivity index (χ3n) is 2.76. The average molecular weight is 265 g/mol. The SMILES string of the molecule is CCCNCc1nc2sc(C(C)C)cc2c(=O)[nH]1. The van der Waals surface area contributed by atoms with E-state index in [-0.39, 0.29) is 5.56 Å². The van der Waals surface area contributed by atoms with E-state index in [0.717, 1.165) is 23.6 Å². The Balaban J connectivity index is 2.33. The fraction of sp³-hybridized carbons (Fsp3) is 0.538. The van der Waals surface area contributed by atoms with Crippen molar-refractivity contribution >= 4 is 21.6 Å². The molecule has 0 aliphatic heterocycles. The zero-order valence-corrected chi connectivity index (χ0v) is 11.9. The minimum atomic E-state index is -0.0311. The lowest BCUT2D eigenvalue weighted by molar-refractivity contribution is 0.651. The molecule has 0 bridgehead atoms. The number of H-pyrrole nitrogens is 1. The van der Waals surface area contributed by atoms with Crippen LogP contribution in [0.1, 0.15) is 43.8 Å². The molecule has 2 aromatic rings. The monoisotopic (exact) mass is 265 g/mol. The maximum atomic E-state index is 12.0. The van der Waals surface area contributed by atoms with Crippen molar-refractivity contribution in [2.24, 2.45) is 0 Å². The van der Waals surface area contributed by atoms with Gasteiger partial charge in [-0.25, -0.2) is 4.98 Å². The van der Waals surface area contributed by atoms with E-state index in [0.29, 0.717) is 17.8 Å². The highest BCUT2D eigenvalue weighted by molar-refractivity contribution is 7.18. The number of nitrogens with zero attached hydrogens (tertiary/aromatic N) is 1. The van der Waals surface area contributed by atoms with Crippen LogP contribution in [-0.2, 0) is 6.54 Å². The summed E-state index contributed by atoms with van der Waals surface area (Å²) >= 11 is 1.61. The number of fused-ring (bicyclic) bond motifs is 1. The summed E-state index contributed by atoms with van der Waals surface area (Å²) in [4.78, 5) is 21.4. The molecule has 2 rings (SSSR count). The molecular formula is C13H19N3OS. The largest absolute Gasteiger partial charge is 0.310 e. The molecule has 2 N–H and O–H groups in total. The Labute approximate surface area is 110 Å². The highest BCUT2D eigenvalue weighted by Gasteiger charge is 2.10. The number of aromatic amines is 1. The lowest BCUT2D eigenvalue weighted by Gasteiger charge is -2.01. The van der Waals surface area contributed by atoms with E-state index in [9.17, 15) is 4.79 Å². The zero-order chi connectivity index (χ0) is 13.1. The molecule has 2 aromatic heterocycles. The van der Waals surface area contributed by atoms with Gasteiger partial charge in [0.1, 0.15) is 10.7 Å². The zero-order valence-electron chi connectivity index (χ0n) is 11.0. The van der Waals surface area contributed by atoms with Crippen LogP contribution in [0.25, 0.3) is 10.2 Å². The summed E-state index contributed by atoms with van der Waals surface area (Å²) in [6.07, 6.45) is 1.07. The summed E-state index contributed by atoms with van der Waals surface area (Å²) in [5.41, 5.74) is -0.0311. The predicted octanol–water partition coefficient (Wildman–Crippen LogP) is 2.61. The quantitative estimate of drug-likeness (QED) is 0.817. The van der Waals surface area contributed by atoms with E-state index < -0.39 is 0 Å². The van der Waals surface area contributed by atoms with Crippen LogP contribution in [-0.4, -0.2) is 16.5 Å². The molecule has 0 fully saturated rings. The number of thiophene rings is 1. The van der Waals surface area contributed by atoms with E-state index >= 15 is 0 Å². The second kappa shape index (κ2) is 5.63. The first-order chi connectivity index (χ1) is 8.61. The molecule has 98 valence electrons. The Bertz CT molecular complexity index is 585. The molecule has 0 radical (unpaired) electrons. The number of hydrogen-bond acceptors (Lipinski definition) is 4. The summed E-state index contributed by atoms with van der Waals surface area (Å²) < 4.78 is 0. The molecule has 18 heavy (non-hydrogen) atoms. The Kier molecular flexibility index (Phi) is 4.14. The van der Waals surface area contributed by atoms with Crippen LogP contribution < -0.4 is 10.9 Å². The van der Waals surface area contributed by atoms with Crippen LogP contribution >= 0.6 is 11.3 Å². The van der Waals surface area contributed by atoms with Gasteiger partial charge in [0.15, 0.2) is 0 Å². The molecule has 0 spiro atoms. The first-order valence-corrected chi connectivity index (χ1v) is 7.16. The van der Waals surface area contributed by atoms with Gasteiger partial charge < -0.3 is 10.3 Å². The Hall–Kier alpha value is -1.20. The standard InChI is InChI=1S/C13H19N3OS/c1-4-5-14-7-11-15-12(17)9-6-10(8(2)3)18-13(9)16-11/h6,8,14H,4-5,7H2,1-3H3,(H,15,16,17). The van der Waals surface area contributed by atoms with Crippen molar-refractivity contribution in [3.8, 4) is 0 Å². The maximum Gasteiger partial charge on any atom is 0.259 e. The van der Waals surface area contributed by atoms with Crippen LogP contribution in [0.4, 0.5) is 0 Å². The first-order valence-electron chi connectivity index (χ1n) is 6.35. The van der Waals surface area contributed by atoms with E-state index in [2.05, 4.69) is 36.1 Å². The van der Waals surface area contributed by atoms with Gasteiger partial charge in [0.2, 0.25) is 0 Å². The average Bonchev–Trinajstić information content (AvgIpc) is 2.74. The van der Waals surface area contributed by atoms with Crippen LogP contribution in [0.5, 0.6) is 0 Å². The Morgan fingerprint density at radius 3 is 2.94 bits per heavy atom. The molecule has 0 aliphatic carbocycles. The predicted molar refractivity (Wildman–Crippen MR) is 76.3 cm³/mol. The summed E-state index contributed by atoms with van der Waals surface area (Å²) in [5.74, 6) is 1.16. The second-order valence-electron chi connectivity index (χ2n) is 4.71. The first kappa shape index (κ1) is 13.2. The molecule has 0 unspecified atom stereocenters. The number of rotatable bonds is 5. The lowest BCUT2D eigenvalue weighted by atomic mass is 10.2. The summed E-state index contributed by atoms with van der Waals surface area (Å²) in [7, 11) is 0. The van der Waals surface area contributed by atoms with Crippen molar-refractivity contribution < 1.29 is 0 Å². The number of hydrogen-bond donors (Lipinski definition) is 2. The summed E-state index contributed by atoms with van der Waals surface area (Å²) in [6, 6.07) is 1.96. The minimum Gasteiger partial charge on any atom is -0.310 e.